The first-order valence-electron chi connectivity index (χ1n) is 7.62. The molecule has 1 aromatic carbocycles. The Bertz CT molecular complexity index is 453. The van der Waals surface area contributed by atoms with Crippen molar-refractivity contribution in [3.63, 3.8) is 0 Å². The fraction of sp³-hybridized carbons (Fsp3) is 0.562. The number of rotatable bonds is 4. The molecule has 1 fully saturated rings. The van der Waals surface area contributed by atoms with Crippen LogP contribution >= 0.6 is 0 Å². The molecule has 1 saturated heterocycles. The van der Waals surface area contributed by atoms with Gasteiger partial charge in [-0.05, 0) is 49.9 Å². The first-order chi connectivity index (χ1) is 10.1. The van der Waals surface area contributed by atoms with Crippen LogP contribution in [0.2, 0.25) is 0 Å². The summed E-state index contributed by atoms with van der Waals surface area (Å²) in [5.74, 6) is 0.819. The number of hydrogen-bond acceptors (Lipinski definition) is 3. The molecule has 0 spiro atoms. The summed E-state index contributed by atoms with van der Waals surface area (Å²) in [5.41, 5.74) is 1.96. The first-order valence-corrected chi connectivity index (χ1v) is 7.62. The Morgan fingerprint density at radius 1 is 1.33 bits per heavy atom. The lowest BCUT2D eigenvalue weighted by atomic mass is 9.99. The van der Waals surface area contributed by atoms with E-state index >= 15 is 0 Å². The molecule has 1 atom stereocenters. The largest absolute Gasteiger partial charge is 0.394 e. The molecule has 21 heavy (non-hydrogen) atoms. The van der Waals surface area contributed by atoms with Crippen LogP contribution in [-0.4, -0.2) is 36.9 Å². The summed E-state index contributed by atoms with van der Waals surface area (Å²) < 4.78 is 0. The number of benzene rings is 1. The van der Waals surface area contributed by atoms with Gasteiger partial charge in [0.05, 0.1) is 12.6 Å². The minimum atomic E-state index is -0.295. The van der Waals surface area contributed by atoms with Crippen molar-refractivity contribution in [3.05, 3.63) is 24.3 Å². The molecule has 5 nitrogen and oxygen atoms in total. The summed E-state index contributed by atoms with van der Waals surface area (Å²) in [4.78, 5) is 14.0. The topological polar surface area (TPSA) is 64.6 Å². The molecule has 0 bridgehead atoms. The lowest BCUT2D eigenvalue weighted by Crippen LogP contribution is -2.38. The molecule has 1 aliphatic rings. The number of nitrogens with one attached hydrogen (secondary N) is 2. The fourth-order valence-corrected chi connectivity index (χ4v) is 2.46. The molecule has 3 N–H and O–H groups in total. The summed E-state index contributed by atoms with van der Waals surface area (Å²) in [6.07, 6.45) is 2.48. The highest BCUT2D eigenvalue weighted by Gasteiger charge is 2.15. The molecule has 2 rings (SSSR count). The van der Waals surface area contributed by atoms with Crippen LogP contribution in [0.5, 0.6) is 0 Å². The molecule has 5 heteroatoms. The number of nitrogens with zero attached hydrogens (tertiary/aromatic N) is 1. The van der Waals surface area contributed by atoms with E-state index in [1.54, 1.807) is 6.92 Å². The van der Waals surface area contributed by atoms with Crippen LogP contribution in [-0.2, 0) is 0 Å². The molecular weight excluding hydrogens is 266 g/mol. The van der Waals surface area contributed by atoms with Crippen LogP contribution in [0.25, 0.3) is 0 Å². The summed E-state index contributed by atoms with van der Waals surface area (Å²) in [7, 11) is 0. The quantitative estimate of drug-likeness (QED) is 0.798. The molecule has 116 valence electrons. The van der Waals surface area contributed by atoms with Crippen molar-refractivity contribution < 1.29 is 9.90 Å². The van der Waals surface area contributed by atoms with E-state index in [-0.39, 0.29) is 18.7 Å². The number of amides is 2. The maximum atomic E-state index is 11.7. The third-order valence-electron chi connectivity index (χ3n) is 3.93. The van der Waals surface area contributed by atoms with Gasteiger partial charge in [0, 0.05) is 24.5 Å². The predicted molar refractivity (Wildman–Crippen MR) is 85.8 cm³/mol. The number of piperidine rings is 1. The molecule has 2 amide bonds. The van der Waals surface area contributed by atoms with E-state index in [0.717, 1.165) is 24.7 Å². The second-order valence-corrected chi connectivity index (χ2v) is 5.90. The van der Waals surface area contributed by atoms with E-state index in [4.69, 9.17) is 5.11 Å². The van der Waals surface area contributed by atoms with Crippen LogP contribution in [0.15, 0.2) is 24.3 Å². The Morgan fingerprint density at radius 2 is 1.95 bits per heavy atom. The van der Waals surface area contributed by atoms with Crippen LogP contribution in [0.3, 0.4) is 0 Å². The van der Waals surface area contributed by atoms with Gasteiger partial charge in [-0.3, -0.25) is 0 Å². The van der Waals surface area contributed by atoms with Gasteiger partial charge in [-0.1, -0.05) is 6.92 Å². The van der Waals surface area contributed by atoms with Gasteiger partial charge in [0.1, 0.15) is 0 Å². The van der Waals surface area contributed by atoms with E-state index in [2.05, 4.69) is 22.5 Å². The van der Waals surface area contributed by atoms with Crippen molar-refractivity contribution >= 4 is 17.4 Å². The fourth-order valence-electron chi connectivity index (χ4n) is 2.46. The summed E-state index contributed by atoms with van der Waals surface area (Å²) in [6, 6.07) is 7.37. The molecular formula is C16H25N3O2. The van der Waals surface area contributed by atoms with Gasteiger partial charge < -0.3 is 20.6 Å². The lowest BCUT2D eigenvalue weighted by Gasteiger charge is -2.32. The minimum absolute atomic E-state index is 0.0697. The van der Waals surface area contributed by atoms with E-state index in [1.807, 2.05) is 24.3 Å². The number of carbonyl (C=O) groups is 1. The van der Waals surface area contributed by atoms with Gasteiger partial charge >= 0.3 is 6.03 Å². The van der Waals surface area contributed by atoms with E-state index in [0.29, 0.717) is 0 Å². The zero-order chi connectivity index (χ0) is 15.2. The monoisotopic (exact) mass is 291 g/mol. The zero-order valence-corrected chi connectivity index (χ0v) is 12.8. The standard InChI is InChI=1S/C16H25N3O2/c1-12-7-9-19(10-8-12)15-5-3-14(4-6-15)18-16(21)17-13(2)11-20/h3-6,12-13,20H,7-11H2,1-2H3,(H2,17,18,21). The van der Waals surface area contributed by atoms with Crippen molar-refractivity contribution in [1.82, 2.24) is 5.32 Å². The maximum Gasteiger partial charge on any atom is 0.319 e. The minimum Gasteiger partial charge on any atom is -0.394 e. The second-order valence-electron chi connectivity index (χ2n) is 5.90. The third-order valence-corrected chi connectivity index (χ3v) is 3.93. The number of urea groups is 1. The van der Waals surface area contributed by atoms with Gasteiger partial charge in [-0.2, -0.15) is 0 Å². The molecule has 1 heterocycles. The highest BCUT2D eigenvalue weighted by atomic mass is 16.3. The second kappa shape index (κ2) is 7.31. The summed E-state index contributed by atoms with van der Waals surface area (Å²) >= 11 is 0. The van der Waals surface area contributed by atoms with Crippen LogP contribution in [0.1, 0.15) is 26.7 Å². The smallest absolute Gasteiger partial charge is 0.319 e. The summed E-state index contributed by atoms with van der Waals surface area (Å²) in [5, 5.41) is 14.3. The lowest BCUT2D eigenvalue weighted by molar-refractivity contribution is 0.229. The molecule has 0 radical (unpaired) electrons. The SMILES string of the molecule is CC1CCN(c2ccc(NC(=O)NC(C)CO)cc2)CC1. The average molecular weight is 291 g/mol. The Balaban J connectivity index is 1.88. The Labute approximate surface area is 126 Å². The van der Waals surface area contributed by atoms with Crippen molar-refractivity contribution in [2.45, 2.75) is 32.7 Å². The van der Waals surface area contributed by atoms with Gasteiger partial charge in [0.15, 0.2) is 0 Å². The van der Waals surface area contributed by atoms with Crippen molar-refractivity contribution in [3.8, 4) is 0 Å². The maximum absolute atomic E-state index is 11.7. The predicted octanol–water partition coefficient (Wildman–Crippen LogP) is 2.43. The normalized spacial score (nSPS) is 17.4. The first kappa shape index (κ1) is 15.6. The third kappa shape index (κ3) is 4.63. The Kier molecular flexibility index (Phi) is 5.44. The zero-order valence-electron chi connectivity index (χ0n) is 12.8. The highest BCUT2D eigenvalue weighted by Crippen LogP contribution is 2.24. The van der Waals surface area contributed by atoms with Crippen molar-refractivity contribution in [2.24, 2.45) is 5.92 Å². The van der Waals surface area contributed by atoms with Gasteiger partial charge in [-0.25, -0.2) is 4.79 Å². The number of carbonyl (C=O) groups excluding carboxylic acids is 1. The molecule has 0 aromatic heterocycles. The molecule has 1 aromatic rings. The molecule has 0 aliphatic carbocycles. The van der Waals surface area contributed by atoms with Crippen LogP contribution < -0.4 is 15.5 Å². The molecule has 1 aliphatic heterocycles. The molecule has 0 saturated carbocycles. The van der Waals surface area contributed by atoms with E-state index in [1.165, 1.54) is 18.5 Å². The van der Waals surface area contributed by atoms with Gasteiger partial charge in [-0.15, -0.1) is 0 Å². The summed E-state index contributed by atoms with van der Waals surface area (Å²) in [6.45, 7) is 6.18. The Morgan fingerprint density at radius 3 is 2.52 bits per heavy atom. The van der Waals surface area contributed by atoms with E-state index in [9.17, 15) is 4.79 Å². The van der Waals surface area contributed by atoms with Gasteiger partial charge in [0.2, 0.25) is 0 Å². The van der Waals surface area contributed by atoms with Crippen molar-refractivity contribution in [2.75, 3.05) is 29.9 Å². The van der Waals surface area contributed by atoms with Crippen LogP contribution in [0.4, 0.5) is 16.2 Å². The van der Waals surface area contributed by atoms with Crippen LogP contribution in [0, 0.1) is 5.92 Å². The van der Waals surface area contributed by atoms with E-state index < -0.39 is 0 Å². The average Bonchev–Trinajstić information content (AvgIpc) is 2.48. The Hall–Kier alpha value is -1.75. The number of hydrogen-bond donors (Lipinski definition) is 3. The highest BCUT2D eigenvalue weighted by molar-refractivity contribution is 5.89. The van der Waals surface area contributed by atoms with Gasteiger partial charge in [0.25, 0.3) is 0 Å². The van der Waals surface area contributed by atoms with Crippen molar-refractivity contribution in [1.29, 1.82) is 0 Å². The number of anilines is 2. The number of aliphatic hydroxyl groups excluding tert-OH is 1. The molecule has 1 unspecified atom stereocenters. The number of aliphatic hydroxyl groups is 1.